The second kappa shape index (κ2) is 8.32. The average molecular weight is 453 g/mol. The molecule has 3 aliphatic rings. The van der Waals surface area contributed by atoms with Crippen molar-refractivity contribution in [3.8, 4) is 17.6 Å². The van der Waals surface area contributed by atoms with Crippen LogP contribution in [0, 0.1) is 29.6 Å². The zero-order valence-corrected chi connectivity index (χ0v) is 18.3. The summed E-state index contributed by atoms with van der Waals surface area (Å²) in [7, 11) is 0. The van der Waals surface area contributed by atoms with E-state index in [1.165, 1.54) is 6.07 Å². The molecule has 3 aliphatic carbocycles. The minimum Gasteiger partial charge on any atom is -0.507 e. The number of phenolic OH excluding ortho intramolecular Hbond substituents is 1. The molecule has 0 bridgehead atoms. The zero-order chi connectivity index (χ0) is 24.1. The van der Waals surface area contributed by atoms with E-state index in [1.807, 2.05) is 0 Å². The predicted molar refractivity (Wildman–Crippen MR) is 118 cm³/mol. The molecule has 0 spiro atoms. The van der Waals surface area contributed by atoms with E-state index in [1.54, 1.807) is 6.07 Å². The van der Waals surface area contributed by atoms with Crippen molar-refractivity contribution in [3.63, 3.8) is 0 Å². The molecular weight excluding hydrogens is 426 g/mol. The van der Waals surface area contributed by atoms with Crippen LogP contribution in [0.5, 0.6) is 5.75 Å². The number of primary amides is 1. The Bertz CT molecular complexity index is 1140. The number of hydrogen-bond donors (Lipinski definition) is 5. The van der Waals surface area contributed by atoms with Gasteiger partial charge in [0.1, 0.15) is 17.4 Å². The lowest BCUT2D eigenvalue weighted by atomic mass is 9.56. The molecule has 1 aromatic rings. The van der Waals surface area contributed by atoms with Crippen LogP contribution in [0.4, 0.5) is 0 Å². The lowest BCUT2D eigenvalue weighted by Crippen LogP contribution is -2.66. The van der Waals surface area contributed by atoms with Crippen molar-refractivity contribution >= 4 is 23.2 Å². The number of amides is 1. The fourth-order valence-electron chi connectivity index (χ4n) is 5.47. The van der Waals surface area contributed by atoms with Crippen LogP contribution in [0.2, 0.25) is 0 Å². The minimum atomic E-state index is -2.57. The van der Waals surface area contributed by atoms with Crippen molar-refractivity contribution in [3.05, 3.63) is 34.4 Å². The first-order valence-electron chi connectivity index (χ1n) is 11.2. The standard InChI is InChI=1S/C25H27NO7/c1-2-3-4-5-6-12-7-8-16(27)19-15(12)10-13-9-14-11-17(28)20(24(26)32)23(31)25(14,33)22(30)18(13)21(19)29/h7-8,13-14,17,20,27-29,33H,2-4,9-11H2,1H3,(H2,26,32)/t13-,14+,17?,20?,25+/m1/s1. The summed E-state index contributed by atoms with van der Waals surface area (Å²) in [5.41, 5.74) is 3.82. The van der Waals surface area contributed by atoms with Crippen molar-refractivity contribution in [2.75, 3.05) is 0 Å². The van der Waals surface area contributed by atoms with Gasteiger partial charge in [-0.05, 0) is 49.3 Å². The summed E-state index contributed by atoms with van der Waals surface area (Å²) < 4.78 is 0. The molecule has 0 aromatic heterocycles. The molecule has 8 nitrogen and oxygen atoms in total. The molecule has 2 saturated carbocycles. The first-order valence-corrected chi connectivity index (χ1v) is 11.2. The van der Waals surface area contributed by atoms with E-state index in [2.05, 4.69) is 18.8 Å². The quantitative estimate of drug-likeness (QED) is 0.261. The molecule has 174 valence electrons. The van der Waals surface area contributed by atoms with E-state index in [-0.39, 0.29) is 36.1 Å². The van der Waals surface area contributed by atoms with E-state index >= 15 is 0 Å². The van der Waals surface area contributed by atoms with E-state index in [0.29, 0.717) is 17.5 Å². The van der Waals surface area contributed by atoms with Gasteiger partial charge in [-0.25, -0.2) is 0 Å². The number of carbonyl (C=O) groups excluding carboxylic acids is 3. The van der Waals surface area contributed by atoms with Gasteiger partial charge in [0, 0.05) is 23.5 Å². The Hall–Kier alpha value is -3.15. The average Bonchev–Trinajstić information content (AvgIpc) is 2.75. The first kappa shape index (κ1) is 23.0. The van der Waals surface area contributed by atoms with Crippen molar-refractivity contribution < 1.29 is 34.8 Å². The highest BCUT2D eigenvalue weighted by Gasteiger charge is 2.63. The third-order valence-electron chi connectivity index (χ3n) is 7.15. The number of unbranched alkanes of at least 4 members (excludes halogenated alkanes) is 2. The van der Waals surface area contributed by atoms with Gasteiger partial charge in [-0.3, -0.25) is 14.4 Å². The molecule has 5 atom stereocenters. The highest BCUT2D eigenvalue weighted by molar-refractivity contribution is 6.24. The maximum Gasteiger partial charge on any atom is 0.230 e. The van der Waals surface area contributed by atoms with Crippen LogP contribution in [0.1, 0.15) is 55.7 Å². The highest BCUT2D eigenvalue weighted by atomic mass is 16.3. The van der Waals surface area contributed by atoms with Gasteiger partial charge < -0.3 is 26.2 Å². The Morgan fingerprint density at radius 1 is 1.24 bits per heavy atom. The maximum atomic E-state index is 13.4. The van der Waals surface area contributed by atoms with Crippen LogP contribution in [0.3, 0.4) is 0 Å². The van der Waals surface area contributed by atoms with Gasteiger partial charge in [-0.2, -0.15) is 0 Å². The van der Waals surface area contributed by atoms with Crippen molar-refractivity contribution in [2.45, 2.75) is 57.2 Å². The second-order valence-electron chi connectivity index (χ2n) is 9.13. The lowest BCUT2D eigenvalue weighted by molar-refractivity contribution is -0.174. The summed E-state index contributed by atoms with van der Waals surface area (Å²) in [6, 6.07) is 3.05. The van der Waals surface area contributed by atoms with Crippen LogP contribution in [-0.2, 0) is 20.8 Å². The van der Waals surface area contributed by atoms with Gasteiger partial charge in [0.05, 0.1) is 11.7 Å². The molecule has 0 saturated heterocycles. The lowest BCUT2D eigenvalue weighted by Gasteiger charge is -2.48. The molecule has 2 fully saturated rings. The number of carbonyl (C=O) groups is 3. The number of aliphatic hydroxyl groups is 3. The monoisotopic (exact) mass is 453 g/mol. The van der Waals surface area contributed by atoms with Crippen LogP contribution in [-0.4, -0.2) is 49.6 Å². The molecule has 6 N–H and O–H groups in total. The summed E-state index contributed by atoms with van der Waals surface area (Å²) in [4.78, 5) is 38.1. The van der Waals surface area contributed by atoms with Crippen LogP contribution >= 0.6 is 0 Å². The van der Waals surface area contributed by atoms with Gasteiger partial charge >= 0.3 is 0 Å². The summed E-state index contributed by atoms with van der Waals surface area (Å²) in [6.07, 6.45) is 1.51. The Morgan fingerprint density at radius 2 is 1.97 bits per heavy atom. The SMILES string of the molecule is CCCCC#Cc1ccc(O)c2c1C[C@H]1C[C@H]3CC(O)C(C(N)=O)C(=O)[C@@]3(O)C(=O)C1=C2O. The highest BCUT2D eigenvalue weighted by Crippen LogP contribution is 2.51. The summed E-state index contributed by atoms with van der Waals surface area (Å²) in [5.74, 6) is -1.01. The number of Topliss-reactive ketones (excluding diaryl/α,β-unsaturated/α-hetero) is 2. The second-order valence-corrected chi connectivity index (χ2v) is 9.13. The maximum absolute atomic E-state index is 13.4. The first-order chi connectivity index (χ1) is 15.6. The number of phenols is 1. The topological polar surface area (TPSA) is 158 Å². The number of ketones is 2. The normalized spacial score (nSPS) is 30.6. The van der Waals surface area contributed by atoms with Gasteiger partial charge in [0.25, 0.3) is 0 Å². The Kier molecular flexibility index (Phi) is 5.81. The molecule has 4 rings (SSSR count). The minimum absolute atomic E-state index is 0.0636. The smallest absolute Gasteiger partial charge is 0.230 e. The Labute approximate surface area is 191 Å². The Balaban J connectivity index is 1.81. The third kappa shape index (κ3) is 3.43. The van der Waals surface area contributed by atoms with E-state index in [9.17, 15) is 34.8 Å². The van der Waals surface area contributed by atoms with E-state index < -0.39 is 52.7 Å². The fraction of sp³-hybridized carbons (Fsp3) is 0.480. The third-order valence-corrected chi connectivity index (χ3v) is 7.15. The number of fused-ring (bicyclic) bond motifs is 3. The molecule has 0 radical (unpaired) electrons. The molecule has 1 aromatic carbocycles. The number of hydrogen-bond acceptors (Lipinski definition) is 7. The van der Waals surface area contributed by atoms with E-state index in [4.69, 9.17) is 5.73 Å². The van der Waals surface area contributed by atoms with Crippen LogP contribution < -0.4 is 5.73 Å². The number of nitrogens with two attached hydrogens (primary N) is 1. The molecule has 8 heteroatoms. The zero-order valence-electron chi connectivity index (χ0n) is 18.3. The van der Waals surface area contributed by atoms with Crippen LogP contribution in [0.15, 0.2) is 17.7 Å². The molecule has 2 unspecified atom stereocenters. The van der Waals surface area contributed by atoms with Gasteiger partial charge in [0.15, 0.2) is 11.4 Å². The van der Waals surface area contributed by atoms with E-state index in [0.717, 1.165) is 12.8 Å². The Morgan fingerprint density at radius 3 is 2.64 bits per heavy atom. The fourth-order valence-corrected chi connectivity index (χ4v) is 5.47. The number of aromatic hydroxyl groups is 1. The summed E-state index contributed by atoms with van der Waals surface area (Å²) in [6.45, 7) is 2.06. The molecule has 1 amide bonds. The molecule has 0 aliphatic heterocycles. The van der Waals surface area contributed by atoms with Crippen LogP contribution in [0.25, 0.3) is 5.76 Å². The predicted octanol–water partition coefficient (Wildman–Crippen LogP) is 1.13. The van der Waals surface area contributed by atoms with Gasteiger partial charge in [0.2, 0.25) is 11.7 Å². The number of aliphatic hydroxyl groups excluding tert-OH is 2. The summed E-state index contributed by atoms with van der Waals surface area (Å²) >= 11 is 0. The number of benzene rings is 1. The van der Waals surface area contributed by atoms with Crippen molar-refractivity contribution in [1.82, 2.24) is 0 Å². The number of rotatable bonds is 3. The van der Waals surface area contributed by atoms with Crippen molar-refractivity contribution in [2.24, 2.45) is 23.5 Å². The van der Waals surface area contributed by atoms with Gasteiger partial charge in [-0.15, -0.1) is 0 Å². The molecule has 0 heterocycles. The molecular formula is C25H27NO7. The van der Waals surface area contributed by atoms with Crippen molar-refractivity contribution in [1.29, 1.82) is 0 Å². The summed E-state index contributed by atoms with van der Waals surface area (Å²) in [5, 5.41) is 43.0. The largest absolute Gasteiger partial charge is 0.507 e. The molecule has 33 heavy (non-hydrogen) atoms. The van der Waals surface area contributed by atoms with Gasteiger partial charge in [-0.1, -0.05) is 25.2 Å².